The molecule has 0 bridgehead atoms. The second-order valence-corrected chi connectivity index (χ2v) is 3.42. The van der Waals surface area contributed by atoms with Crippen LogP contribution >= 0.6 is 0 Å². The lowest BCUT2D eigenvalue weighted by atomic mass is 9.95. The van der Waals surface area contributed by atoms with Crippen LogP contribution in [0.25, 0.3) is 0 Å². The quantitative estimate of drug-likeness (QED) is 0.342. The minimum atomic E-state index is -1.03. The Morgan fingerprint density at radius 3 is 2.18 bits per heavy atom. The first-order valence-electron chi connectivity index (χ1n) is 4.80. The first kappa shape index (κ1) is 12.8. The van der Waals surface area contributed by atoms with Crippen LogP contribution in [-0.2, 0) is 14.3 Å². The van der Waals surface area contributed by atoms with Crippen LogP contribution in [0.3, 0.4) is 0 Å². The number of ketones is 1. The van der Waals surface area contributed by atoms with E-state index in [2.05, 4.69) is 4.74 Å². The Hall–Kier alpha value is -2.24. The van der Waals surface area contributed by atoms with Gasteiger partial charge in [-0.3, -0.25) is 19.7 Å². The summed E-state index contributed by atoms with van der Waals surface area (Å²) in [7, 11) is 1.18. The van der Waals surface area contributed by atoms with E-state index in [1.807, 2.05) is 0 Å². The smallest absolute Gasteiger partial charge is 0.320 e. The fourth-order valence-corrected chi connectivity index (χ4v) is 1.44. The maximum atomic E-state index is 11.4. The Bertz CT molecular complexity index is 451. The first-order valence-corrected chi connectivity index (χ1v) is 4.80. The fraction of sp³-hybridized carbons (Fsp3) is 0.273. The van der Waals surface area contributed by atoms with Crippen LogP contribution in [0.5, 0.6) is 0 Å². The number of carbonyl (C=O) groups excluding carboxylic acids is 2. The number of nitro benzene ring substituents is 1. The summed E-state index contributed by atoms with van der Waals surface area (Å²) in [5, 5.41) is 10.5. The normalized spacial score (nSPS) is 11.6. The molecule has 0 N–H and O–H groups in total. The van der Waals surface area contributed by atoms with E-state index in [9.17, 15) is 19.7 Å². The highest BCUT2D eigenvalue weighted by molar-refractivity contribution is 6.03. The number of benzene rings is 1. The fourth-order valence-electron chi connectivity index (χ4n) is 1.44. The van der Waals surface area contributed by atoms with Crippen molar-refractivity contribution >= 4 is 17.4 Å². The molecule has 0 radical (unpaired) electrons. The van der Waals surface area contributed by atoms with Crippen molar-refractivity contribution in [3.63, 3.8) is 0 Å². The molecule has 0 saturated carbocycles. The summed E-state index contributed by atoms with van der Waals surface area (Å²) in [6.07, 6.45) is 0. The van der Waals surface area contributed by atoms with E-state index in [-0.39, 0.29) is 11.5 Å². The van der Waals surface area contributed by atoms with Crippen molar-refractivity contribution in [1.29, 1.82) is 0 Å². The number of methoxy groups -OCH3 is 1. The molecule has 90 valence electrons. The molecule has 6 heteroatoms. The van der Waals surface area contributed by atoms with Gasteiger partial charge in [-0.1, -0.05) is 12.1 Å². The van der Waals surface area contributed by atoms with Crippen molar-refractivity contribution < 1.29 is 19.2 Å². The lowest BCUT2D eigenvalue weighted by Crippen LogP contribution is -2.21. The first-order chi connectivity index (χ1) is 7.97. The second kappa shape index (κ2) is 5.20. The molecular formula is C11H11NO5. The Morgan fingerprint density at radius 1 is 1.29 bits per heavy atom. The van der Waals surface area contributed by atoms with Gasteiger partial charge in [-0.05, 0) is 12.5 Å². The van der Waals surface area contributed by atoms with Crippen LogP contribution in [0.4, 0.5) is 5.69 Å². The summed E-state index contributed by atoms with van der Waals surface area (Å²) in [6, 6.07) is 5.24. The van der Waals surface area contributed by atoms with Crippen LogP contribution in [-0.4, -0.2) is 23.8 Å². The second-order valence-electron chi connectivity index (χ2n) is 3.42. The minimum absolute atomic E-state index is 0.0964. The van der Waals surface area contributed by atoms with E-state index in [1.54, 1.807) is 0 Å². The van der Waals surface area contributed by atoms with Gasteiger partial charge in [0.15, 0.2) is 0 Å². The zero-order valence-electron chi connectivity index (χ0n) is 9.38. The van der Waals surface area contributed by atoms with Crippen molar-refractivity contribution in [2.75, 3.05) is 7.11 Å². The van der Waals surface area contributed by atoms with E-state index in [0.717, 1.165) is 0 Å². The third kappa shape index (κ3) is 2.87. The van der Waals surface area contributed by atoms with E-state index in [0.29, 0.717) is 5.56 Å². The van der Waals surface area contributed by atoms with Crippen LogP contribution in [0.1, 0.15) is 18.4 Å². The summed E-state index contributed by atoms with van der Waals surface area (Å²) in [6.45, 7) is 1.27. The van der Waals surface area contributed by atoms with E-state index in [4.69, 9.17) is 0 Å². The molecule has 1 atom stereocenters. The molecule has 0 saturated heterocycles. The van der Waals surface area contributed by atoms with Crippen LogP contribution in [0.15, 0.2) is 24.3 Å². The lowest BCUT2D eigenvalue weighted by molar-refractivity contribution is -0.384. The summed E-state index contributed by atoms with van der Waals surface area (Å²) in [5.41, 5.74) is 0.288. The van der Waals surface area contributed by atoms with Gasteiger partial charge in [-0.15, -0.1) is 0 Å². The minimum Gasteiger partial charge on any atom is -0.468 e. The average Bonchev–Trinajstić information content (AvgIpc) is 2.29. The van der Waals surface area contributed by atoms with Gasteiger partial charge in [0.25, 0.3) is 5.69 Å². The van der Waals surface area contributed by atoms with Crippen molar-refractivity contribution in [3.05, 3.63) is 39.9 Å². The summed E-state index contributed by atoms with van der Waals surface area (Å²) < 4.78 is 4.51. The molecule has 0 aliphatic rings. The highest BCUT2D eigenvalue weighted by atomic mass is 16.6. The average molecular weight is 237 g/mol. The summed E-state index contributed by atoms with van der Waals surface area (Å²) in [4.78, 5) is 32.6. The Balaban J connectivity index is 3.08. The Morgan fingerprint density at radius 2 is 1.82 bits per heavy atom. The molecule has 0 fully saturated rings. The predicted octanol–water partition coefficient (Wildman–Crippen LogP) is 1.44. The number of non-ortho nitro benzene ring substituents is 1. The number of carbonyl (C=O) groups is 2. The zero-order valence-corrected chi connectivity index (χ0v) is 9.38. The largest absolute Gasteiger partial charge is 0.468 e. The van der Waals surface area contributed by atoms with Crippen molar-refractivity contribution in [1.82, 2.24) is 0 Å². The predicted molar refractivity (Wildman–Crippen MR) is 58.5 cm³/mol. The van der Waals surface area contributed by atoms with Gasteiger partial charge in [-0.25, -0.2) is 0 Å². The molecule has 1 rings (SSSR count). The van der Waals surface area contributed by atoms with Crippen molar-refractivity contribution in [2.24, 2.45) is 0 Å². The Labute approximate surface area is 97.3 Å². The molecule has 1 aromatic rings. The van der Waals surface area contributed by atoms with Gasteiger partial charge in [0.1, 0.15) is 11.7 Å². The maximum Gasteiger partial charge on any atom is 0.320 e. The molecule has 0 aliphatic heterocycles. The van der Waals surface area contributed by atoms with E-state index < -0.39 is 16.8 Å². The van der Waals surface area contributed by atoms with E-state index >= 15 is 0 Å². The van der Waals surface area contributed by atoms with Gasteiger partial charge in [0.2, 0.25) is 0 Å². The number of rotatable bonds is 4. The third-order valence-corrected chi connectivity index (χ3v) is 2.28. The number of hydrogen-bond donors (Lipinski definition) is 0. The lowest BCUT2D eigenvalue weighted by Gasteiger charge is -2.11. The number of esters is 1. The number of nitrogens with zero attached hydrogens (tertiary/aromatic N) is 1. The van der Waals surface area contributed by atoms with Crippen molar-refractivity contribution in [2.45, 2.75) is 12.8 Å². The maximum absolute atomic E-state index is 11.4. The molecule has 0 aromatic heterocycles. The van der Waals surface area contributed by atoms with Crippen molar-refractivity contribution in [3.8, 4) is 0 Å². The van der Waals surface area contributed by atoms with Gasteiger partial charge >= 0.3 is 5.97 Å². The molecule has 1 aromatic carbocycles. The summed E-state index contributed by atoms with van der Waals surface area (Å²) >= 11 is 0. The van der Waals surface area contributed by atoms with E-state index in [1.165, 1.54) is 38.3 Å². The number of ether oxygens (including phenoxy) is 1. The highest BCUT2D eigenvalue weighted by Gasteiger charge is 2.26. The Kier molecular flexibility index (Phi) is 3.92. The van der Waals surface area contributed by atoms with Crippen LogP contribution < -0.4 is 0 Å². The molecule has 0 spiro atoms. The van der Waals surface area contributed by atoms with Crippen LogP contribution in [0.2, 0.25) is 0 Å². The summed E-state index contributed by atoms with van der Waals surface area (Å²) in [5.74, 6) is -2.07. The molecule has 6 nitrogen and oxygen atoms in total. The molecule has 17 heavy (non-hydrogen) atoms. The number of Topliss-reactive ketones (excluding diaryl/α,β-unsaturated/α-hetero) is 1. The van der Waals surface area contributed by atoms with Gasteiger partial charge in [0, 0.05) is 12.1 Å². The monoisotopic (exact) mass is 237 g/mol. The molecule has 1 unspecified atom stereocenters. The molecule has 0 heterocycles. The highest BCUT2D eigenvalue weighted by Crippen LogP contribution is 2.21. The van der Waals surface area contributed by atoms with Gasteiger partial charge in [-0.2, -0.15) is 0 Å². The zero-order chi connectivity index (χ0) is 13.0. The number of nitro groups is 1. The SMILES string of the molecule is COC(=O)C(C(C)=O)c1ccc([N+](=O)[O-])cc1. The van der Waals surface area contributed by atoms with Crippen LogP contribution in [0, 0.1) is 10.1 Å². The topological polar surface area (TPSA) is 86.5 Å². The van der Waals surface area contributed by atoms with Gasteiger partial charge in [0.05, 0.1) is 12.0 Å². The number of hydrogen-bond acceptors (Lipinski definition) is 5. The van der Waals surface area contributed by atoms with Gasteiger partial charge < -0.3 is 4.74 Å². The molecule has 0 amide bonds. The molecule has 0 aliphatic carbocycles. The molecular weight excluding hydrogens is 226 g/mol. The standard InChI is InChI=1S/C11H11NO5/c1-7(13)10(11(14)17-2)8-3-5-9(6-4-8)12(15)16/h3-6,10H,1-2H3. The third-order valence-electron chi connectivity index (χ3n) is 2.28.